The Bertz CT molecular complexity index is 784. The minimum atomic E-state index is -0.802. The molecule has 2 aromatic carbocycles. The molecule has 21 heavy (non-hydrogen) atoms. The van der Waals surface area contributed by atoms with E-state index in [0.717, 1.165) is 16.7 Å². The number of rotatable bonds is 2. The standard InChI is InChI=1S/C17H13ClO3/c18-12-5-6-14-11(7-12)9-16(21-14)17(19)15-8-10-3-1-2-4-13(10)20-15/h1-7,9,15,17,19H,8H2. The van der Waals surface area contributed by atoms with E-state index in [0.29, 0.717) is 22.8 Å². The van der Waals surface area contributed by atoms with Gasteiger partial charge in [-0.2, -0.15) is 0 Å². The number of hydrogen-bond donors (Lipinski definition) is 1. The Kier molecular flexibility index (Phi) is 2.91. The van der Waals surface area contributed by atoms with Crippen molar-refractivity contribution < 1.29 is 14.3 Å². The van der Waals surface area contributed by atoms with Crippen molar-refractivity contribution in [3.8, 4) is 5.75 Å². The van der Waals surface area contributed by atoms with Crippen molar-refractivity contribution in [2.45, 2.75) is 18.6 Å². The monoisotopic (exact) mass is 300 g/mol. The molecule has 2 heterocycles. The van der Waals surface area contributed by atoms with Gasteiger partial charge in [-0.3, -0.25) is 0 Å². The van der Waals surface area contributed by atoms with E-state index in [9.17, 15) is 5.11 Å². The Hall–Kier alpha value is -1.97. The predicted molar refractivity (Wildman–Crippen MR) is 80.7 cm³/mol. The molecule has 0 amide bonds. The third kappa shape index (κ3) is 2.19. The average molecular weight is 301 g/mol. The fourth-order valence-electron chi connectivity index (χ4n) is 2.75. The Labute approximate surface area is 126 Å². The van der Waals surface area contributed by atoms with Crippen LogP contribution in [0.2, 0.25) is 5.02 Å². The Morgan fingerprint density at radius 3 is 2.86 bits per heavy atom. The van der Waals surface area contributed by atoms with Crippen LogP contribution in [-0.4, -0.2) is 11.2 Å². The lowest BCUT2D eigenvalue weighted by Crippen LogP contribution is -2.22. The van der Waals surface area contributed by atoms with E-state index in [4.69, 9.17) is 20.8 Å². The highest BCUT2D eigenvalue weighted by molar-refractivity contribution is 6.31. The minimum absolute atomic E-state index is 0.321. The molecule has 106 valence electrons. The van der Waals surface area contributed by atoms with E-state index in [1.807, 2.05) is 36.4 Å². The molecule has 1 aliphatic heterocycles. The highest BCUT2D eigenvalue weighted by Gasteiger charge is 2.31. The van der Waals surface area contributed by atoms with Crippen molar-refractivity contribution in [3.05, 3.63) is 64.9 Å². The molecule has 3 nitrogen and oxygen atoms in total. The normalized spacial score (nSPS) is 18.5. The second kappa shape index (κ2) is 4.79. The third-order valence-electron chi connectivity index (χ3n) is 3.81. The highest BCUT2D eigenvalue weighted by Crippen LogP contribution is 2.35. The van der Waals surface area contributed by atoms with Gasteiger partial charge in [0, 0.05) is 16.8 Å². The summed E-state index contributed by atoms with van der Waals surface area (Å²) in [6, 6.07) is 15.0. The van der Waals surface area contributed by atoms with Gasteiger partial charge in [-0.15, -0.1) is 0 Å². The molecule has 2 atom stereocenters. The molecule has 0 spiro atoms. The summed E-state index contributed by atoms with van der Waals surface area (Å²) < 4.78 is 11.5. The summed E-state index contributed by atoms with van der Waals surface area (Å²) in [5.74, 6) is 1.34. The van der Waals surface area contributed by atoms with Crippen LogP contribution in [0.1, 0.15) is 17.4 Å². The van der Waals surface area contributed by atoms with Crippen molar-refractivity contribution in [3.63, 3.8) is 0 Å². The van der Waals surface area contributed by atoms with E-state index in [1.54, 1.807) is 12.1 Å². The smallest absolute Gasteiger partial charge is 0.149 e. The number of aliphatic hydroxyl groups excluding tert-OH is 1. The lowest BCUT2D eigenvalue weighted by Gasteiger charge is -2.15. The first-order valence-electron chi connectivity index (χ1n) is 6.82. The van der Waals surface area contributed by atoms with E-state index in [1.165, 1.54) is 0 Å². The molecule has 1 aromatic heterocycles. The molecular weight excluding hydrogens is 288 g/mol. The second-order valence-corrected chi connectivity index (χ2v) is 5.68. The molecule has 0 saturated carbocycles. The van der Waals surface area contributed by atoms with Crippen LogP contribution in [0.15, 0.2) is 52.9 Å². The van der Waals surface area contributed by atoms with Crippen molar-refractivity contribution in [1.29, 1.82) is 0 Å². The van der Waals surface area contributed by atoms with Crippen molar-refractivity contribution in [1.82, 2.24) is 0 Å². The van der Waals surface area contributed by atoms with Crippen LogP contribution in [0.3, 0.4) is 0 Å². The SMILES string of the molecule is OC(c1cc2cc(Cl)ccc2o1)C1Cc2ccccc2O1. The first kappa shape index (κ1) is 12.7. The Balaban J connectivity index is 1.64. The van der Waals surface area contributed by atoms with Crippen LogP contribution in [0, 0.1) is 0 Å². The van der Waals surface area contributed by atoms with Crippen LogP contribution in [0.4, 0.5) is 0 Å². The number of hydrogen-bond acceptors (Lipinski definition) is 3. The summed E-state index contributed by atoms with van der Waals surface area (Å²) in [6.45, 7) is 0. The lowest BCUT2D eigenvalue weighted by atomic mass is 10.0. The van der Waals surface area contributed by atoms with Crippen LogP contribution >= 0.6 is 11.6 Å². The number of fused-ring (bicyclic) bond motifs is 2. The number of halogens is 1. The molecule has 3 aromatic rings. The van der Waals surface area contributed by atoms with E-state index < -0.39 is 6.10 Å². The van der Waals surface area contributed by atoms with E-state index in [-0.39, 0.29) is 6.10 Å². The molecule has 0 bridgehead atoms. The van der Waals surface area contributed by atoms with Crippen LogP contribution in [0.25, 0.3) is 11.0 Å². The maximum absolute atomic E-state index is 10.5. The highest BCUT2D eigenvalue weighted by atomic mass is 35.5. The lowest BCUT2D eigenvalue weighted by molar-refractivity contribution is 0.0351. The van der Waals surface area contributed by atoms with E-state index >= 15 is 0 Å². The van der Waals surface area contributed by atoms with E-state index in [2.05, 4.69) is 0 Å². The fourth-order valence-corrected chi connectivity index (χ4v) is 2.93. The van der Waals surface area contributed by atoms with Crippen molar-refractivity contribution >= 4 is 22.6 Å². The summed E-state index contributed by atoms with van der Waals surface area (Å²) in [5.41, 5.74) is 1.82. The number of ether oxygens (including phenoxy) is 1. The average Bonchev–Trinajstić information content (AvgIpc) is 3.09. The summed E-state index contributed by atoms with van der Waals surface area (Å²) in [4.78, 5) is 0. The molecule has 1 N–H and O–H groups in total. The predicted octanol–water partition coefficient (Wildman–Crippen LogP) is 4.12. The van der Waals surface area contributed by atoms with Gasteiger partial charge in [0.2, 0.25) is 0 Å². The van der Waals surface area contributed by atoms with Gasteiger partial charge in [0.15, 0.2) is 0 Å². The largest absolute Gasteiger partial charge is 0.487 e. The molecule has 0 saturated heterocycles. The third-order valence-corrected chi connectivity index (χ3v) is 4.05. The first-order valence-corrected chi connectivity index (χ1v) is 7.20. The second-order valence-electron chi connectivity index (χ2n) is 5.24. The Morgan fingerprint density at radius 1 is 1.14 bits per heavy atom. The molecule has 2 unspecified atom stereocenters. The topological polar surface area (TPSA) is 42.6 Å². The minimum Gasteiger partial charge on any atom is -0.487 e. The summed E-state index contributed by atoms with van der Waals surface area (Å²) in [5, 5.41) is 12.0. The molecule has 0 aliphatic carbocycles. The van der Waals surface area contributed by atoms with Crippen LogP contribution in [-0.2, 0) is 6.42 Å². The quantitative estimate of drug-likeness (QED) is 0.774. The number of benzene rings is 2. The molecule has 1 aliphatic rings. The van der Waals surface area contributed by atoms with Gasteiger partial charge in [0.05, 0.1) is 0 Å². The van der Waals surface area contributed by atoms with Crippen molar-refractivity contribution in [2.75, 3.05) is 0 Å². The summed E-state index contributed by atoms with van der Waals surface area (Å²) >= 11 is 5.97. The fraction of sp³-hybridized carbons (Fsp3) is 0.176. The number of aliphatic hydroxyl groups is 1. The zero-order chi connectivity index (χ0) is 14.4. The number of para-hydroxylation sites is 1. The van der Waals surface area contributed by atoms with Gasteiger partial charge in [-0.05, 0) is 35.9 Å². The molecular formula is C17H13ClO3. The maximum Gasteiger partial charge on any atom is 0.149 e. The van der Waals surface area contributed by atoms with Crippen molar-refractivity contribution in [2.24, 2.45) is 0 Å². The molecule has 4 heteroatoms. The van der Waals surface area contributed by atoms with Gasteiger partial charge in [0.1, 0.15) is 29.3 Å². The van der Waals surface area contributed by atoms with Gasteiger partial charge < -0.3 is 14.3 Å². The van der Waals surface area contributed by atoms with Gasteiger partial charge in [0.25, 0.3) is 0 Å². The Morgan fingerprint density at radius 2 is 2.00 bits per heavy atom. The van der Waals surface area contributed by atoms with Gasteiger partial charge >= 0.3 is 0 Å². The van der Waals surface area contributed by atoms with Crippen LogP contribution in [0.5, 0.6) is 5.75 Å². The van der Waals surface area contributed by atoms with Gasteiger partial charge in [-0.25, -0.2) is 0 Å². The van der Waals surface area contributed by atoms with Crippen LogP contribution < -0.4 is 4.74 Å². The molecule has 4 rings (SSSR count). The zero-order valence-electron chi connectivity index (χ0n) is 11.1. The molecule has 0 fully saturated rings. The molecule has 0 radical (unpaired) electrons. The summed E-state index contributed by atoms with van der Waals surface area (Å²) in [7, 11) is 0. The zero-order valence-corrected chi connectivity index (χ0v) is 11.9. The number of furan rings is 1. The maximum atomic E-state index is 10.5. The summed E-state index contributed by atoms with van der Waals surface area (Å²) in [6.07, 6.45) is -0.447. The van der Waals surface area contributed by atoms with Gasteiger partial charge in [-0.1, -0.05) is 29.8 Å². The first-order chi connectivity index (χ1) is 10.2.